The van der Waals surface area contributed by atoms with Crippen molar-refractivity contribution in [1.29, 1.82) is 0 Å². The van der Waals surface area contributed by atoms with Crippen LogP contribution in [0.25, 0.3) is 0 Å². The van der Waals surface area contributed by atoms with E-state index in [4.69, 9.17) is 9.47 Å². The second kappa shape index (κ2) is 9.85. The largest absolute Gasteiger partial charge is 0.497 e. The summed E-state index contributed by atoms with van der Waals surface area (Å²) in [5.74, 6) is 1.04. The van der Waals surface area contributed by atoms with Gasteiger partial charge in [0.2, 0.25) is 0 Å². The summed E-state index contributed by atoms with van der Waals surface area (Å²) in [6.07, 6.45) is 3.78. The molecule has 0 radical (unpaired) electrons. The van der Waals surface area contributed by atoms with Crippen molar-refractivity contribution in [3.05, 3.63) is 59.2 Å². The monoisotopic (exact) mass is 356 g/mol. The van der Waals surface area contributed by atoms with E-state index in [0.29, 0.717) is 18.3 Å². The van der Waals surface area contributed by atoms with Crippen LogP contribution in [0.2, 0.25) is 0 Å². The van der Waals surface area contributed by atoms with E-state index in [1.165, 1.54) is 5.56 Å². The van der Waals surface area contributed by atoms with Gasteiger partial charge in [0.1, 0.15) is 11.5 Å². The number of carbonyl (C=O) groups is 1. The number of benzene rings is 2. The van der Waals surface area contributed by atoms with Gasteiger partial charge in [0, 0.05) is 0 Å². The number of ether oxygens (including phenoxy) is 2. The Morgan fingerprint density at radius 1 is 1.12 bits per heavy atom. The second-order valence-electron chi connectivity index (χ2n) is 6.69. The van der Waals surface area contributed by atoms with Crippen LogP contribution in [-0.2, 0) is 12.8 Å². The lowest BCUT2D eigenvalue weighted by atomic mass is 9.93. The molecule has 0 aliphatic heterocycles. The third kappa shape index (κ3) is 5.80. The molecule has 2 aromatic rings. The zero-order valence-electron chi connectivity index (χ0n) is 15.8. The van der Waals surface area contributed by atoms with Gasteiger partial charge in [-0.2, -0.15) is 0 Å². The zero-order chi connectivity index (χ0) is 18.9. The van der Waals surface area contributed by atoms with E-state index in [0.717, 1.165) is 37.0 Å². The Morgan fingerprint density at radius 2 is 1.85 bits per heavy atom. The fourth-order valence-corrected chi connectivity index (χ4v) is 2.93. The lowest BCUT2D eigenvalue weighted by Crippen LogP contribution is -2.08. The predicted octanol–water partition coefficient (Wildman–Crippen LogP) is 4.99. The number of aromatic carboxylic acids is 1. The maximum Gasteiger partial charge on any atom is 0.335 e. The molecule has 0 aliphatic rings. The van der Waals surface area contributed by atoms with Crippen LogP contribution in [0.15, 0.2) is 42.5 Å². The topological polar surface area (TPSA) is 55.8 Å². The van der Waals surface area contributed by atoms with E-state index < -0.39 is 5.97 Å². The van der Waals surface area contributed by atoms with Gasteiger partial charge >= 0.3 is 5.97 Å². The third-order valence-corrected chi connectivity index (χ3v) is 4.38. The van der Waals surface area contributed by atoms with E-state index in [2.05, 4.69) is 26.0 Å². The van der Waals surface area contributed by atoms with Crippen LogP contribution >= 0.6 is 0 Å². The molecule has 0 saturated carbocycles. The summed E-state index contributed by atoms with van der Waals surface area (Å²) in [4.78, 5) is 11.2. The number of unbranched alkanes of at least 4 members (excludes halogenated alkanes) is 1. The highest BCUT2D eigenvalue weighted by Gasteiger charge is 2.13. The summed E-state index contributed by atoms with van der Waals surface area (Å²) >= 11 is 0. The molecule has 0 aliphatic carbocycles. The van der Waals surface area contributed by atoms with Crippen molar-refractivity contribution < 1.29 is 19.4 Å². The van der Waals surface area contributed by atoms with E-state index in [1.807, 2.05) is 18.2 Å². The molecule has 0 amide bonds. The van der Waals surface area contributed by atoms with Gasteiger partial charge in [0.25, 0.3) is 0 Å². The number of carboxylic acid groups (broad SMARTS) is 1. The maximum atomic E-state index is 11.2. The molecule has 1 atom stereocenters. The molecule has 0 bridgehead atoms. The van der Waals surface area contributed by atoms with E-state index >= 15 is 0 Å². The Kier molecular flexibility index (Phi) is 7.52. The minimum atomic E-state index is -0.928. The van der Waals surface area contributed by atoms with Gasteiger partial charge in [-0.25, -0.2) is 4.79 Å². The molecule has 4 heteroatoms. The summed E-state index contributed by atoms with van der Waals surface area (Å²) in [6.45, 7) is 4.92. The van der Waals surface area contributed by atoms with Crippen LogP contribution in [0.3, 0.4) is 0 Å². The first-order valence-corrected chi connectivity index (χ1v) is 9.15. The molecule has 0 aromatic heterocycles. The highest BCUT2D eigenvalue weighted by atomic mass is 16.5. The number of carboxylic acids is 1. The van der Waals surface area contributed by atoms with Gasteiger partial charge in [-0.1, -0.05) is 38.5 Å². The molecule has 0 spiro atoms. The lowest BCUT2D eigenvalue weighted by Gasteiger charge is -2.16. The van der Waals surface area contributed by atoms with Crippen LogP contribution in [0.5, 0.6) is 11.5 Å². The normalized spacial score (nSPS) is 11.8. The van der Waals surface area contributed by atoms with Gasteiger partial charge < -0.3 is 14.6 Å². The molecule has 4 nitrogen and oxygen atoms in total. The Bertz CT molecular complexity index is 707. The lowest BCUT2D eigenvalue weighted by molar-refractivity contribution is 0.0696. The van der Waals surface area contributed by atoms with E-state index in [1.54, 1.807) is 19.2 Å². The van der Waals surface area contributed by atoms with E-state index in [-0.39, 0.29) is 5.56 Å². The molecule has 2 aromatic carbocycles. The minimum Gasteiger partial charge on any atom is -0.497 e. The van der Waals surface area contributed by atoms with Crippen molar-refractivity contribution in [2.45, 2.75) is 39.5 Å². The SMILES string of the molecule is CCCCOc1cc(C(=O)O)ccc1CC(C)Cc1ccc(OC)cc1. The fraction of sp³-hybridized carbons (Fsp3) is 0.409. The Balaban J connectivity index is 2.08. The molecule has 1 unspecified atom stereocenters. The molecule has 2 rings (SSSR count). The summed E-state index contributed by atoms with van der Waals surface area (Å²) in [5, 5.41) is 9.23. The minimum absolute atomic E-state index is 0.267. The molecule has 26 heavy (non-hydrogen) atoms. The van der Waals surface area contributed by atoms with Crippen molar-refractivity contribution in [3.8, 4) is 11.5 Å². The number of hydrogen-bond acceptors (Lipinski definition) is 3. The van der Waals surface area contributed by atoms with Crippen molar-refractivity contribution in [1.82, 2.24) is 0 Å². The van der Waals surface area contributed by atoms with Crippen LogP contribution in [-0.4, -0.2) is 24.8 Å². The summed E-state index contributed by atoms with van der Waals surface area (Å²) in [6, 6.07) is 13.3. The number of rotatable bonds is 10. The smallest absolute Gasteiger partial charge is 0.335 e. The molecular formula is C22H28O4. The average molecular weight is 356 g/mol. The molecule has 0 heterocycles. The number of hydrogen-bond donors (Lipinski definition) is 1. The Morgan fingerprint density at radius 3 is 2.46 bits per heavy atom. The van der Waals surface area contributed by atoms with Gasteiger partial charge in [0.05, 0.1) is 19.3 Å². The van der Waals surface area contributed by atoms with Gasteiger partial charge in [0.15, 0.2) is 0 Å². The van der Waals surface area contributed by atoms with Gasteiger partial charge in [-0.15, -0.1) is 0 Å². The molecular weight excluding hydrogens is 328 g/mol. The first-order valence-electron chi connectivity index (χ1n) is 9.15. The van der Waals surface area contributed by atoms with Crippen LogP contribution in [0.4, 0.5) is 0 Å². The summed E-state index contributed by atoms with van der Waals surface area (Å²) in [5.41, 5.74) is 2.59. The molecule has 0 fully saturated rings. The average Bonchev–Trinajstić information content (AvgIpc) is 2.63. The van der Waals surface area contributed by atoms with Crippen molar-refractivity contribution >= 4 is 5.97 Å². The fourth-order valence-electron chi connectivity index (χ4n) is 2.93. The second-order valence-corrected chi connectivity index (χ2v) is 6.69. The van der Waals surface area contributed by atoms with Crippen LogP contribution < -0.4 is 9.47 Å². The van der Waals surface area contributed by atoms with Crippen molar-refractivity contribution in [2.75, 3.05) is 13.7 Å². The van der Waals surface area contributed by atoms with Crippen LogP contribution in [0.1, 0.15) is 48.2 Å². The van der Waals surface area contributed by atoms with Crippen molar-refractivity contribution in [2.24, 2.45) is 5.92 Å². The molecule has 140 valence electrons. The van der Waals surface area contributed by atoms with Crippen molar-refractivity contribution in [3.63, 3.8) is 0 Å². The highest BCUT2D eigenvalue weighted by Crippen LogP contribution is 2.26. The summed E-state index contributed by atoms with van der Waals surface area (Å²) < 4.78 is 11.1. The van der Waals surface area contributed by atoms with E-state index in [9.17, 15) is 9.90 Å². The Labute approximate surface area is 155 Å². The summed E-state index contributed by atoms with van der Waals surface area (Å²) in [7, 11) is 1.67. The third-order valence-electron chi connectivity index (χ3n) is 4.38. The molecule has 0 saturated heterocycles. The quantitative estimate of drug-likeness (QED) is 0.609. The maximum absolute atomic E-state index is 11.2. The van der Waals surface area contributed by atoms with Crippen LogP contribution in [0, 0.1) is 5.92 Å². The Hall–Kier alpha value is -2.49. The highest BCUT2D eigenvalue weighted by molar-refractivity contribution is 5.88. The standard InChI is InChI=1S/C22H28O4/c1-4-5-12-26-21-15-19(22(23)24)9-8-18(21)14-16(2)13-17-6-10-20(25-3)11-7-17/h6-11,15-16H,4-5,12-14H2,1-3H3,(H,23,24). The zero-order valence-corrected chi connectivity index (χ0v) is 15.8. The van der Waals surface area contributed by atoms with Gasteiger partial charge in [-0.05, 0) is 60.6 Å². The first-order chi connectivity index (χ1) is 12.5. The molecule has 1 N–H and O–H groups in total. The number of methoxy groups -OCH3 is 1. The first kappa shape index (κ1) is 19.8. The van der Waals surface area contributed by atoms with Gasteiger partial charge in [-0.3, -0.25) is 0 Å². The predicted molar refractivity (Wildman–Crippen MR) is 103 cm³/mol.